The first-order valence-corrected chi connectivity index (χ1v) is 8.74. The van der Waals surface area contributed by atoms with Crippen molar-refractivity contribution < 1.29 is 9.53 Å². The molecule has 0 rings (SSSR count). The van der Waals surface area contributed by atoms with Gasteiger partial charge in [0.05, 0.1) is 6.61 Å². The third kappa shape index (κ3) is 17.7. The van der Waals surface area contributed by atoms with E-state index in [1.165, 1.54) is 58.3 Å². The summed E-state index contributed by atoms with van der Waals surface area (Å²) in [5, 5.41) is 1.07. The number of ether oxygens (including phenoxy) is 1. The van der Waals surface area contributed by atoms with E-state index in [-0.39, 0.29) is 5.97 Å². The first-order chi connectivity index (χ1) is 9.27. The van der Waals surface area contributed by atoms with Crippen molar-refractivity contribution in [2.75, 3.05) is 11.9 Å². The fourth-order valence-electron chi connectivity index (χ4n) is 1.94. The molecule has 0 spiro atoms. The van der Waals surface area contributed by atoms with Crippen molar-refractivity contribution in [1.29, 1.82) is 0 Å². The molecule has 0 N–H and O–H groups in total. The van der Waals surface area contributed by atoms with Crippen LogP contribution in [0.4, 0.5) is 0 Å². The van der Waals surface area contributed by atoms with Crippen molar-refractivity contribution in [3.63, 3.8) is 0 Å². The van der Waals surface area contributed by atoms with Crippen LogP contribution in [0, 0.1) is 0 Å². The molecule has 0 aromatic rings. The summed E-state index contributed by atoms with van der Waals surface area (Å²) in [6.45, 7) is 2.06. The van der Waals surface area contributed by atoms with Crippen LogP contribution in [-0.4, -0.2) is 17.9 Å². The van der Waals surface area contributed by atoms with Crippen molar-refractivity contribution in [2.45, 2.75) is 71.1 Å². The summed E-state index contributed by atoms with van der Waals surface area (Å²) in [5.74, 6) is -0.162. The maximum absolute atomic E-state index is 10.5. The van der Waals surface area contributed by atoms with Crippen LogP contribution in [0.25, 0.3) is 0 Å². The number of carbonyl (C=O) groups is 1. The van der Waals surface area contributed by atoms with Crippen LogP contribution in [0.1, 0.15) is 71.1 Å². The monoisotopic (exact) mass is 332 g/mol. The van der Waals surface area contributed by atoms with Crippen molar-refractivity contribution >= 4 is 21.9 Å². The van der Waals surface area contributed by atoms with Crippen molar-refractivity contribution in [2.24, 2.45) is 0 Å². The normalized spacial score (nSPS) is 11.1. The van der Waals surface area contributed by atoms with E-state index >= 15 is 0 Å². The molecule has 0 saturated heterocycles. The second kappa shape index (κ2) is 15.7. The van der Waals surface area contributed by atoms with Gasteiger partial charge >= 0.3 is 5.97 Å². The lowest BCUT2D eigenvalue weighted by Crippen LogP contribution is -2.00. The highest BCUT2D eigenvalue weighted by molar-refractivity contribution is 9.09. The number of rotatable bonds is 13. The largest absolute Gasteiger partial charge is 0.466 e. The molecule has 0 bridgehead atoms. The minimum atomic E-state index is -0.162. The molecule has 3 heteroatoms. The van der Waals surface area contributed by atoms with Crippen LogP contribution in [-0.2, 0) is 9.53 Å². The number of alkyl halides is 1. The average molecular weight is 333 g/mol. The SMILES string of the molecule is CC(=O)OCCCCCCCCCC/C=C\CCBr. The Hall–Kier alpha value is -0.310. The van der Waals surface area contributed by atoms with Crippen molar-refractivity contribution in [3.05, 3.63) is 12.2 Å². The Morgan fingerprint density at radius 2 is 1.42 bits per heavy atom. The van der Waals surface area contributed by atoms with Gasteiger partial charge in [-0.1, -0.05) is 66.6 Å². The highest BCUT2D eigenvalue weighted by Crippen LogP contribution is 2.10. The minimum absolute atomic E-state index is 0.162. The standard InChI is InChI=1S/C16H29BrO2/c1-16(18)19-15-13-11-9-7-5-3-2-4-6-8-10-12-14-17/h8,10H,2-7,9,11-15H2,1H3/b10-8-. The van der Waals surface area contributed by atoms with Gasteiger partial charge in [0.1, 0.15) is 0 Å². The predicted octanol–water partition coefficient (Wildman–Crippen LogP) is 5.40. The molecule has 0 saturated carbocycles. The number of carbonyl (C=O) groups excluding carboxylic acids is 1. The fraction of sp³-hybridized carbons (Fsp3) is 0.812. The molecule has 0 aromatic carbocycles. The van der Waals surface area contributed by atoms with Gasteiger partial charge in [-0.2, -0.15) is 0 Å². The molecule has 0 unspecified atom stereocenters. The van der Waals surface area contributed by atoms with Crippen LogP contribution < -0.4 is 0 Å². The highest BCUT2D eigenvalue weighted by Gasteiger charge is 1.94. The lowest BCUT2D eigenvalue weighted by atomic mass is 10.1. The lowest BCUT2D eigenvalue weighted by molar-refractivity contribution is -0.141. The van der Waals surface area contributed by atoms with Gasteiger partial charge < -0.3 is 4.74 Å². The van der Waals surface area contributed by atoms with E-state index in [9.17, 15) is 4.79 Å². The smallest absolute Gasteiger partial charge is 0.302 e. The Labute approximate surface area is 127 Å². The molecule has 2 nitrogen and oxygen atoms in total. The van der Waals surface area contributed by atoms with Crippen molar-refractivity contribution in [1.82, 2.24) is 0 Å². The number of halogens is 1. The summed E-state index contributed by atoms with van der Waals surface area (Å²) < 4.78 is 4.89. The van der Waals surface area contributed by atoms with Crippen molar-refractivity contribution in [3.8, 4) is 0 Å². The Morgan fingerprint density at radius 3 is 2.00 bits per heavy atom. The third-order valence-corrected chi connectivity index (χ3v) is 3.47. The Bertz CT molecular complexity index is 227. The second-order valence-electron chi connectivity index (χ2n) is 4.91. The zero-order valence-electron chi connectivity index (χ0n) is 12.3. The molecular weight excluding hydrogens is 304 g/mol. The van der Waals surface area contributed by atoms with Crippen LogP contribution in [0.5, 0.6) is 0 Å². The minimum Gasteiger partial charge on any atom is -0.466 e. The van der Waals surface area contributed by atoms with Gasteiger partial charge in [-0.3, -0.25) is 4.79 Å². The van der Waals surface area contributed by atoms with Gasteiger partial charge in [-0.05, 0) is 25.7 Å². The molecule has 0 aliphatic heterocycles. The summed E-state index contributed by atoms with van der Waals surface area (Å²) in [4.78, 5) is 10.5. The molecule has 0 fully saturated rings. The van der Waals surface area contributed by atoms with Gasteiger partial charge in [0.25, 0.3) is 0 Å². The summed E-state index contributed by atoms with van der Waals surface area (Å²) in [5.41, 5.74) is 0. The van der Waals surface area contributed by atoms with E-state index in [0.717, 1.165) is 18.2 Å². The van der Waals surface area contributed by atoms with Gasteiger partial charge in [0, 0.05) is 12.3 Å². The molecule has 112 valence electrons. The third-order valence-electron chi connectivity index (χ3n) is 3.01. The average Bonchev–Trinajstić information content (AvgIpc) is 2.39. The van der Waals surface area contributed by atoms with E-state index in [1.54, 1.807) is 0 Å². The Kier molecular flexibility index (Phi) is 15.5. The molecule has 19 heavy (non-hydrogen) atoms. The van der Waals surface area contributed by atoms with Gasteiger partial charge in [-0.25, -0.2) is 0 Å². The number of esters is 1. The summed E-state index contributed by atoms with van der Waals surface area (Å²) >= 11 is 3.41. The van der Waals surface area contributed by atoms with Gasteiger partial charge in [-0.15, -0.1) is 0 Å². The molecule has 0 radical (unpaired) electrons. The maximum Gasteiger partial charge on any atom is 0.302 e. The number of hydrogen-bond donors (Lipinski definition) is 0. The molecule has 0 aromatic heterocycles. The Balaban J connectivity index is 3.01. The molecular formula is C16H29BrO2. The summed E-state index contributed by atoms with van der Waals surface area (Å²) in [7, 11) is 0. The van der Waals surface area contributed by atoms with Crippen LogP contribution in [0.3, 0.4) is 0 Å². The number of unbranched alkanes of at least 4 members (excludes halogenated alkanes) is 8. The maximum atomic E-state index is 10.5. The highest BCUT2D eigenvalue weighted by atomic mass is 79.9. The fourth-order valence-corrected chi connectivity index (χ4v) is 2.20. The molecule has 0 heterocycles. The first-order valence-electron chi connectivity index (χ1n) is 7.61. The summed E-state index contributed by atoms with van der Waals surface area (Å²) in [6.07, 6.45) is 17.1. The first kappa shape index (κ1) is 18.7. The molecule has 0 aliphatic rings. The number of allylic oxidation sites excluding steroid dienone is 2. The topological polar surface area (TPSA) is 26.3 Å². The lowest BCUT2D eigenvalue weighted by Gasteiger charge is -2.02. The van der Waals surface area contributed by atoms with Crippen LogP contribution >= 0.6 is 15.9 Å². The van der Waals surface area contributed by atoms with Crippen LogP contribution in [0.15, 0.2) is 12.2 Å². The van der Waals surface area contributed by atoms with E-state index < -0.39 is 0 Å². The molecule has 0 aliphatic carbocycles. The van der Waals surface area contributed by atoms with Gasteiger partial charge in [0.15, 0.2) is 0 Å². The number of hydrogen-bond acceptors (Lipinski definition) is 2. The van der Waals surface area contributed by atoms with E-state index in [0.29, 0.717) is 6.61 Å². The molecule has 0 atom stereocenters. The van der Waals surface area contributed by atoms with E-state index in [1.807, 2.05) is 0 Å². The zero-order valence-corrected chi connectivity index (χ0v) is 13.9. The van der Waals surface area contributed by atoms with Crippen LogP contribution in [0.2, 0.25) is 0 Å². The Morgan fingerprint density at radius 1 is 0.895 bits per heavy atom. The van der Waals surface area contributed by atoms with Gasteiger partial charge in [0.2, 0.25) is 0 Å². The van der Waals surface area contributed by atoms with E-state index in [4.69, 9.17) is 4.74 Å². The second-order valence-corrected chi connectivity index (χ2v) is 5.70. The quantitative estimate of drug-likeness (QED) is 0.195. The predicted molar refractivity (Wildman–Crippen MR) is 85.7 cm³/mol. The summed E-state index contributed by atoms with van der Waals surface area (Å²) in [6, 6.07) is 0. The van der Waals surface area contributed by atoms with E-state index in [2.05, 4.69) is 28.1 Å². The molecule has 0 amide bonds. The zero-order chi connectivity index (χ0) is 14.2.